The molecular formula is C25H30N4O4. The number of carbonyl (C=O) groups excluding carboxylic acids is 2. The highest BCUT2D eigenvalue weighted by Gasteiger charge is 2.34. The fourth-order valence-corrected chi connectivity index (χ4v) is 5.24. The molecule has 5 rings (SSSR count). The maximum atomic E-state index is 12.9. The van der Waals surface area contributed by atoms with Crippen LogP contribution >= 0.6 is 0 Å². The van der Waals surface area contributed by atoms with E-state index >= 15 is 0 Å². The minimum atomic E-state index is -0.290. The van der Waals surface area contributed by atoms with Crippen LogP contribution in [0.5, 0.6) is 0 Å². The van der Waals surface area contributed by atoms with Gasteiger partial charge in [0.1, 0.15) is 6.61 Å². The molecule has 0 atom stereocenters. The number of rotatable bonds is 4. The monoisotopic (exact) mass is 450 g/mol. The Balaban J connectivity index is 1.29. The molecule has 8 heteroatoms. The SMILES string of the molecule is O=C(c1ccc(N2CCC(N3C(=O)OCc4ccccc43)CC2)c([NH2+][O-])c1)N1CCCCC1. The molecule has 2 aromatic rings. The first-order valence-electron chi connectivity index (χ1n) is 11.8. The van der Waals surface area contributed by atoms with Crippen LogP contribution in [0, 0.1) is 5.21 Å². The number of cyclic esters (lactones) is 1. The third-order valence-corrected chi connectivity index (χ3v) is 7.01. The van der Waals surface area contributed by atoms with Gasteiger partial charge in [-0.1, -0.05) is 18.2 Å². The molecule has 0 saturated carbocycles. The van der Waals surface area contributed by atoms with Gasteiger partial charge in [0.25, 0.3) is 5.91 Å². The van der Waals surface area contributed by atoms with Gasteiger partial charge in [0, 0.05) is 49.4 Å². The fourth-order valence-electron chi connectivity index (χ4n) is 5.24. The number of quaternary nitrogens is 1. The Morgan fingerprint density at radius 2 is 1.73 bits per heavy atom. The molecule has 0 unspecified atom stereocenters. The predicted octanol–water partition coefficient (Wildman–Crippen LogP) is 3.13. The van der Waals surface area contributed by atoms with E-state index in [9.17, 15) is 14.8 Å². The van der Waals surface area contributed by atoms with Crippen molar-refractivity contribution in [2.45, 2.75) is 44.8 Å². The first-order valence-corrected chi connectivity index (χ1v) is 11.8. The number of likely N-dealkylation sites (tertiary alicyclic amines) is 1. The third-order valence-electron chi connectivity index (χ3n) is 7.01. The van der Waals surface area contributed by atoms with E-state index in [-0.39, 0.29) is 18.0 Å². The number of amides is 2. The summed E-state index contributed by atoms with van der Waals surface area (Å²) >= 11 is 0. The number of ether oxygens (including phenoxy) is 1. The molecule has 2 saturated heterocycles. The molecule has 0 aromatic heterocycles. The number of nitrogens with zero attached hydrogens (tertiary/aromatic N) is 3. The second-order valence-corrected chi connectivity index (χ2v) is 9.02. The summed E-state index contributed by atoms with van der Waals surface area (Å²) in [5, 5.41) is 11.9. The molecule has 2 fully saturated rings. The van der Waals surface area contributed by atoms with Gasteiger partial charge in [0.05, 0.1) is 11.4 Å². The lowest BCUT2D eigenvalue weighted by Gasteiger charge is -2.41. The van der Waals surface area contributed by atoms with Gasteiger partial charge in [-0.15, -0.1) is 0 Å². The van der Waals surface area contributed by atoms with Gasteiger partial charge in [-0.2, -0.15) is 0 Å². The molecule has 0 aliphatic carbocycles. The van der Waals surface area contributed by atoms with E-state index in [1.165, 1.54) is 6.42 Å². The van der Waals surface area contributed by atoms with Crippen molar-refractivity contribution in [2.24, 2.45) is 0 Å². The van der Waals surface area contributed by atoms with Crippen molar-refractivity contribution in [2.75, 3.05) is 36.0 Å². The summed E-state index contributed by atoms with van der Waals surface area (Å²) in [5.74, 6) is 0.00494. The maximum absolute atomic E-state index is 12.9. The Morgan fingerprint density at radius 1 is 0.970 bits per heavy atom. The lowest BCUT2D eigenvalue weighted by atomic mass is 9.99. The number of fused-ring (bicyclic) bond motifs is 1. The number of para-hydroxylation sites is 1. The Labute approximate surface area is 193 Å². The molecule has 0 bridgehead atoms. The highest BCUT2D eigenvalue weighted by molar-refractivity contribution is 5.96. The highest BCUT2D eigenvalue weighted by Crippen LogP contribution is 2.34. The molecule has 3 aliphatic rings. The smallest absolute Gasteiger partial charge is 0.414 e. The Morgan fingerprint density at radius 3 is 2.48 bits per heavy atom. The lowest BCUT2D eigenvalue weighted by Crippen LogP contribution is -2.70. The van der Waals surface area contributed by atoms with Gasteiger partial charge in [0.2, 0.25) is 0 Å². The summed E-state index contributed by atoms with van der Waals surface area (Å²) in [6, 6.07) is 13.4. The van der Waals surface area contributed by atoms with Crippen molar-refractivity contribution < 1.29 is 19.8 Å². The van der Waals surface area contributed by atoms with Crippen molar-refractivity contribution in [1.29, 1.82) is 0 Å². The van der Waals surface area contributed by atoms with Crippen LogP contribution in [-0.2, 0) is 11.3 Å². The summed E-state index contributed by atoms with van der Waals surface area (Å²) < 4.78 is 5.39. The topological polar surface area (TPSA) is 92.8 Å². The van der Waals surface area contributed by atoms with Crippen molar-refractivity contribution >= 4 is 29.1 Å². The van der Waals surface area contributed by atoms with Gasteiger partial charge in [-0.3, -0.25) is 9.69 Å². The van der Waals surface area contributed by atoms with Gasteiger partial charge in [-0.25, -0.2) is 4.79 Å². The van der Waals surface area contributed by atoms with E-state index in [2.05, 4.69) is 4.90 Å². The Hall–Kier alpha value is -3.10. The number of anilines is 2. The van der Waals surface area contributed by atoms with Crippen molar-refractivity contribution in [3.05, 3.63) is 58.8 Å². The molecule has 2 amide bonds. The molecule has 33 heavy (non-hydrogen) atoms. The molecule has 8 nitrogen and oxygen atoms in total. The zero-order chi connectivity index (χ0) is 22.8. The number of nitrogens with two attached hydrogens (primary N) is 1. The van der Waals surface area contributed by atoms with Crippen molar-refractivity contribution in [1.82, 2.24) is 4.90 Å². The van der Waals surface area contributed by atoms with Crippen molar-refractivity contribution in [3.63, 3.8) is 0 Å². The normalized spacial score (nSPS) is 19.3. The predicted molar refractivity (Wildman–Crippen MR) is 125 cm³/mol. The van der Waals surface area contributed by atoms with Crippen LogP contribution in [-0.4, -0.2) is 49.1 Å². The van der Waals surface area contributed by atoms with E-state index in [4.69, 9.17) is 4.74 Å². The summed E-state index contributed by atoms with van der Waals surface area (Å²) in [4.78, 5) is 31.2. The second kappa shape index (κ2) is 9.41. The van der Waals surface area contributed by atoms with Gasteiger partial charge < -0.3 is 25.2 Å². The minimum Gasteiger partial charge on any atom is -0.630 e. The third kappa shape index (κ3) is 4.28. The van der Waals surface area contributed by atoms with Crippen LogP contribution in [0.2, 0.25) is 0 Å². The van der Waals surface area contributed by atoms with Crippen molar-refractivity contribution in [3.8, 4) is 0 Å². The zero-order valence-corrected chi connectivity index (χ0v) is 18.7. The summed E-state index contributed by atoms with van der Waals surface area (Å²) in [7, 11) is 0. The largest absolute Gasteiger partial charge is 0.630 e. The van der Waals surface area contributed by atoms with Crippen LogP contribution in [0.3, 0.4) is 0 Å². The average molecular weight is 451 g/mol. The molecular weight excluding hydrogens is 420 g/mol. The number of hydrogen-bond donors (Lipinski definition) is 1. The van der Waals surface area contributed by atoms with E-state index < -0.39 is 0 Å². The average Bonchev–Trinajstić information content (AvgIpc) is 2.88. The van der Waals surface area contributed by atoms with Gasteiger partial charge >= 0.3 is 6.09 Å². The summed E-state index contributed by atoms with van der Waals surface area (Å²) in [6.45, 7) is 3.32. The molecule has 2 N–H and O–H groups in total. The lowest BCUT2D eigenvalue weighted by molar-refractivity contribution is -0.496. The van der Waals surface area contributed by atoms with Crippen LogP contribution in [0.1, 0.15) is 48.0 Å². The van der Waals surface area contributed by atoms with Gasteiger partial charge in [-0.05, 0) is 50.3 Å². The van der Waals surface area contributed by atoms with E-state index in [0.717, 1.165) is 74.3 Å². The highest BCUT2D eigenvalue weighted by atomic mass is 16.6. The molecule has 0 radical (unpaired) electrons. The number of piperidine rings is 2. The van der Waals surface area contributed by atoms with Crippen LogP contribution in [0.15, 0.2) is 42.5 Å². The van der Waals surface area contributed by atoms with Crippen LogP contribution in [0.4, 0.5) is 21.9 Å². The van der Waals surface area contributed by atoms with E-state index in [0.29, 0.717) is 17.9 Å². The summed E-state index contributed by atoms with van der Waals surface area (Å²) in [5.41, 5.74) is 4.76. The summed E-state index contributed by atoms with van der Waals surface area (Å²) in [6.07, 6.45) is 4.50. The Kier molecular flexibility index (Phi) is 6.20. The van der Waals surface area contributed by atoms with Crippen LogP contribution in [0.25, 0.3) is 0 Å². The quantitative estimate of drug-likeness (QED) is 0.571. The maximum Gasteiger partial charge on any atom is 0.414 e. The number of carbonyl (C=O) groups is 2. The first kappa shape index (κ1) is 21.7. The fraction of sp³-hybridized carbons (Fsp3) is 0.440. The molecule has 3 aliphatic heterocycles. The number of benzene rings is 2. The molecule has 174 valence electrons. The van der Waals surface area contributed by atoms with E-state index in [1.807, 2.05) is 41.3 Å². The minimum absolute atomic E-state index is 0.00494. The zero-order valence-electron chi connectivity index (χ0n) is 18.7. The number of hydrogen-bond acceptors (Lipinski definition) is 5. The second-order valence-electron chi connectivity index (χ2n) is 9.02. The molecule has 0 spiro atoms. The van der Waals surface area contributed by atoms with Gasteiger partial charge in [0.15, 0.2) is 5.69 Å². The first-order chi connectivity index (χ1) is 16.2. The standard InChI is InChI=1S/C25H30N4O4/c30-24(28-12-4-1-5-13-28)18-8-9-23(21(16-18)26-32)27-14-10-20(11-15-27)29-22-7-3-2-6-19(22)17-33-25(29)31/h2-3,6-9,16,20H,1,4-5,10-15,17,26H2. The van der Waals surface area contributed by atoms with Crippen LogP contribution < -0.4 is 15.3 Å². The Bertz CT molecular complexity index is 1030. The van der Waals surface area contributed by atoms with E-state index in [1.54, 1.807) is 11.0 Å². The molecule has 3 heterocycles. The molecule has 2 aromatic carbocycles.